The molecule has 1 aromatic carbocycles. The summed E-state index contributed by atoms with van der Waals surface area (Å²) < 4.78 is 5.29. The van der Waals surface area contributed by atoms with Gasteiger partial charge in [0.15, 0.2) is 0 Å². The van der Waals surface area contributed by atoms with Crippen LogP contribution in [0.5, 0.6) is 5.75 Å². The molecule has 4 nitrogen and oxygen atoms in total. The molecule has 0 heterocycles. The molecular formula is C12H19N3O. The van der Waals surface area contributed by atoms with Crippen LogP contribution in [0.25, 0.3) is 0 Å². The van der Waals surface area contributed by atoms with E-state index in [-0.39, 0.29) is 0 Å². The Morgan fingerprint density at radius 1 is 1.50 bits per heavy atom. The van der Waals surface area contributed by atoms with Gasteiger partial charge in [0.1, 0.15) is 11.6 Å². The van der Waals surface area contributed by atoms with Crippen LogP contribution < -0.4 is 16.0 Å². The van der Waals surface area contributed by atoms with Crippen LogP contribution in [0.2, 0.25) is 0 Å². The maximum absolute atomic E-state index is 5.48. The Kier molecular flexibility index (Phi) is 4.79. The molecule has 4 heteroatoms. The van der Waals surface area contributed by atoms with Crippen LogP contribution in [0.3, 0.4) is 0 Å². The third kappa shape index (κ3) is 2.97. The molecule has 3 N–H and O–H groups in total. The number of amidine groups is 1. The second-order valence-corrected chi connectivity index (χ2v) is 3.58. The highest BCUT2D eigenvalue weighted by Crippen LogP contribution is 2.19. The van der Waals surface area contributed by atoms with Gasteiger partial charge in [-0.3, -0.25) is 4.99 Å². The number of nitrogens with two attached hydrogens (primary N) is 1. The van der Waals surface area contributed by atoms with Crippen molar-refractivity contribution in [3.63, 3.8) is 0 Å². The molecule has 1 aromatic rings. The summed E-state index contributed by atoms with van der Waals surface area (Å²) >= 11 is 0. The van der Waals surface area contributed by atoms with Crippen molar-refractivity contribution in [2.75, 3.05) is 13.7 Å². The fourth-order valence-electron chi connectivity index (χ4n) is 1.44. The first kappa shape index (κ1) is 12.5. The zero-order chi connectivity index (χ0) is 12.0. The normalized spacial score (nSPS) is 11.4. The first-order valence-corrected chi connectivity index (χ1v) is 5.39. The van der Waals surface area contributed by atoms with Gasteiger partial charge < -0.3 is 10.2 Å². The standard InChI is InChI=1S/C12H19N3O/c1-4-7-14-12(15-13)10-8-9(2)5-6-11(10)16-3/h5-6,8H,4,7,13H2,1-3H3,(H,14,15). The number of aryl methyl sites for hydroxylation is 1. The van der Waals surface area contributed by atoms with Gasteiger partial charge in [0.25, 0.3) is 0 Å². The van der Waals surface area contributed by atoms with Gasteiger partial charge in [-0.25, -0.2) is 5.84 Å². The first-order chi connectivity index (χ1) is 7.72. The van der Waals surface area contributed by atoms with Gasteiger partial charge in [0.05, 0.1) is 12.7 Å². The van der Waals surface area contributed by atoms with E-state index < -0.39 is 0 Å². The largest absolute Gasteiger partial charge is 0.496 e. The molecule has 0 aromatic heterocycles. The smallest absolute Gasteiger partial charge is 0.146 e. The Balaban J connectivity index is 3.12. The lowest BCUT2D eigenvalue weighted by Crippen LogP contribution is -2.31. The SMILES string of the molecule is CCCN=C(NN)c1cc(C)ccc1OC. The minimum absolute atomic E-state index is 0.669. The van der Waals surface area contributed by atoms with E-state index in [1.54, 1.807) is 7.11 Å². The van der Waals surface area contributed by atoms with E-state index in [2.05, 4.69) is 17.3 Å². The van der Waals surface area contributed by atoms with Crippen LogP contribution in [-0.4, -0.2) is 19.5 Å². The Hall–Kier alpha value is -1.55. The molecule has 0 fully saturated rings. The number of hydrogen-bond acceptors (Lipinski definition) is 3. The quantitative estimate of drug-likeness (QED) is 0.351. The van der Waals surface area contributed by atoms with Crippen molar-refractivity contribution in [3.05, 3.63) is 29.3 Å². The summed E-state index contributed by atoms with van der Waals surface area (Å²) in [5.41, 5.74) is 4.67. The van der Waals surface area contributed by atoms with Crippen molar-refractivity contribution in [2.45, 2.75) is 20.3 Å². The van der Waals surface area contributed by atoms with Crippen molar-refractivity contribution >= 4 is 5.84 Å². The predicted molar refractivity (Wildman–Crippen MR) is 66.7 cm³/mol. The average molecular weight is 221 g/mol. The van der Waals surface area contributed by atoms with Gasteiger partial charge in [0, 0.05) is 6.54 Å². The summed E-state index contributed by atoms with van der Waals surface area (Å²) in [5, 5.41) is 0. The van der Waals surface area contributed by atoms with Gasteiger partial charge in [0.2, 0.25) is 0 Å². The second kappa shape index (κ2) is 6.12. The third-order valence-electron chi connectivity index (χ3n) is 2.24. The van der Waals surface area contributed by atoms with Crippen LogP contribution in [0, 0.1) is 6.92 Å². The molecule has 88 valence electrons. The van der Waals surface area contributed by atoms with Crippen molar-refractivity contribution < 1.29 is 4.74 Å². The molecule has 0 radical (unpaired) electrons. The third-order valence-corrected chi connectivity index (χ3v) is 2.24. The highest BCUT2D eigenvalue weighted by atomic mass is 16.5. The molecule has 0 amide bonds. The molecule has 1 rings (SSSR count). The molecule has 0 unspecified atom stereocenters. The number of hydrogen-bond donors (Lipinski definition) is 2. The number of benzene rings is 1. The number of ether oxygens (including phenoxy) is 1. The van der Waals surface area contributed by atoms with Gasteiger partial charge in [-0.2, -0.15) is 0 Å². The van der Waals surface area contributed by atoms with E-state index >= 15 is 0 Å². The predicted octanol–water partition coefficient (Wildman–Crippen LogP) is 1.62. The molecular weight excluding hydrogens is 202 g/mol. The minimum Gasteiger partial charge on any atom is -0.496 e. The summed E-state index contributed by atoms with van der Waals surface area (Å²) in [5.74, 6) is 6.93. The minimum atomic E-state index is 0.669. The lowest BCUT2D eigenvalue weighted by atomic mass is 10.1. The van der Waals surface area contributed by atoms with Gasteiger partial charge in [-0.05, 0) is 25.5 Å². The number of hydrazine groups is 1. The highest BCUT2D eigenvalue weighted by molar-refractivity contribution is 6.01. The van der Waals surface area contributed by atoms with E-state index in [1.807, 2.05) is 25.1 Å². The molecule has 16 heavy (non-hydrogen) atoms. The summed E-state index contributed by atoms with van der Waals surface area (Å²) in [6.07, 6.45) is 0.985. The van der Waals surface area contributed by atoms with Crippen LogP contribution >= 0.6 is 0 Å². The zero-order valence-electron chi connectivity index (χ0n) is 10.1. The topological polar surface area (TPSA) is 59.6 Å². The van der Waals surface area contributed by atoms with E-state index in [9.17, 15) is 0 Å². The number of nitrogens with zero attached hydrogens (tertiary/aromatic N) is 1. The Morgan fingerprint density at radius 3 is 2.81 bits per heavy atom. The van der Waals surface area contributed by atoms with Crippen LogP contribution in [0.15, 0.2) is 23.2 Å². The fourth-order valence-corrected chi connectivity index (χ4v) is 1.44. The summed E-state index contributed by atoms with van der Waals surface area (Å²) in [6.45, 7) is 4.85. The van der Waals surface area contributed by atoms with Gasteiger partial charge in [-0.15, -0.1) is 0 Å². The first-order valence-electron chi connectivity index (χ1n) is 5.39. The highest BCUT2D eigenvalue weighted by Gasteiger charge is 2.08. The Morgan fingerprint density at radius 2 is 2.25 bits per heavy atom. The van der Waals surface area contributed by atoms with E-state index in [1.165, 1.54) is 0 Å². The molecule has 0 atom stereocenters. The van der Waals surface area contributed by atoms with Crippen molar-refractivity contribution in [1.82, 2.24) is 5.43 Å². The Labute approximate surface area is 96.5 Å². The van der Waals surface area contributed by atoms with Gasteiger partial charge >= 0.3 is 0 Å². The second-order valence-electron chi connectivity index (χ2n) is 3.58. The van der Waals surface area contributed by atoms with Gasteiger partial charge in [-0.1, -0.05) is 18.6 Å². The number of aliphatic imine (C=N–C) groups is 1. The van der Waals surface area contributed by atoms with Crippen LogP contribution in [0.1, 0.15) is 24.5 Å². The van der Waals surface area contributed by atoms with Crippen molar-refractivity contribution in [3.8, 4) is 5.75 Å². The summed E-state index contributed by atoms with van der Waals surface area (Å²) in [7, 11) is 1.64. The van der Waals surface area contributed by atoms with E-state index in [0.717, 1.165) is 29.8 Å². The lowest BCUT2D eigenvalue weighted by molar-refractivity contribution is 0.413. The monoisotopic (exact) mass is 221 g/mol. The molecule has 0 aliphatic heterocycles. The fraction of sp³-hybridized carbons (Fsp3) is 0.417. The maximum Gasteiger partial charge on any atom is 0.146 e. The average Bonchev–Trinajstić information content (AvgIpc) is 2.30. The summed E-state index contributed by atoms with van der Waals surface area (Å²) in [4.78, 5) is 4.38. The lowest BCUT2D eigenvalue weighted by Gasteiger charge is -2.11. The molecule has 0 spiro atoms. The molecule has 0 aliphatic rings. The van der Waals surface area contributed by atoms with Crippen LogP contribution in [0.4, 0.5) is 0 Å². The van der Waals surface area contributed by atoms with Crippen LogP contribution in [-0.2, 0) is 0 Å². The molecule has 0 bridgehead atoms. The number of methoxy groups -OCH3 is 1. The zero-order valence-corrected chi connectivity index (χ0v) is 10.1. The van der Waals surface area contributed by atoms with E-state index in [4.69, 9.17) is 10.6 Å². The number of nitrogens with one attached hydrogen (secondary N) is 1. The Bertz CT molecular complexity index is 375. The van der Waals surface area contributed by atoms with E-state index in [0.29, 0.717) is 5.84 Å². The van der Waals surface area contributed by atoms with Crippen molar-refractivity contribution in [2.24, 2.45) is 10.8 Å². The summed E-state index contributed by atoms with van der Waals surface area (Å²) in [6, 6.07) is 5.92. The molecule has 0 aliphatic carbocycles. The maximum atomic E-state index is 5.48. The van der Waals surface area contributed by atoms with Crippen molar-refractivity contribution in [1.29, 1.82) is 0 Å². The molecule has 0 saturated carbocycles. The number of rotatable bonds is 4. The molecule has 0 saturated heterocycles.